The molecular formula is C13H13BrFN3O2S. The molecule has 0 bridgehead atoms. The van der Waals surface area contributed by atoms with E-state index in [-0.39, 0.29) is 16.7 Å². The molecule has 2 aromatic rings. The highest BCUT2D eigenvalue weighted by molar-refractivity contribution is 9.10. The number of halogens is 2. The van der Waals surface area contributed by atoms with Crippen LogP contribution in [0.4, 0.5) is 10.1 Å². The standard InChI is InChI=1S/C13H13BrFN3O2S/c1-8-3-2-4-10(18-8)7-17-21(19,20)12-6-9(16)5-11(14)13(12)15/h2-6,17H,7,16H2,1H3. The molecule has 21 heavy (non-hydrogen) atoms. The van der Waals surface area contributed by atoms with Gasteiger partial charge in [-0.15, -0.1) is 0 Å². The van der Waals surface area contributed by atoms with Crippen LogP contribution in [0.15, 0.2) is 39.7 Å². The molecule has 0 aliphatic heterocycles. The number of hydrogen-bond acceptors (Lipinski definition) is 4. The average molecular weight is 374 g/mol. The average Bonchev–Trinajstić information content (AvgIpc) is 2.41. The van der Waals surface area contributed by atoms with Crippen LogP contribution in [-0.4, -0.2) is 13.4 Å². The fourth-order valence-corrected chi connectivity index (χ4v) is 3.46. The van der Waals surface area contributed by atoms with Crippen molar-refractivity contribution < 1.29 is 12.8 Å². The SMILES string of the molecule is Cc1cccc(CNS(=O)(=O)c2cc(N)cc(Br)c2F)n1. The predicted octanol–water partition coefficient (Wildman–Crippen LogP) is 2.35. The normalized spacial score (nSPS) is 11.6. The molecule has 0 spiro atoms. The van der Waals surface area contributed by atoms with E-state index in [1.165, 1.54) is 6.07 Å². The number of rotatable bonds is 4. The molecule has 1 aromatic carbocycles. The second kappa shape index (κ2) is 6.08. The predicted molar refractivity (Wildman–Crippen MR) is 81.5 cm³/mol. The summed E-state index contributed by atoms with van der Waals surface area (Å²) in [5.74, 6) is -0.881. The lowest BCUT2D eigenvalue weighted by Gasteiger charge is -2.09. The molecule has 1 heterocycles. The fourth-order valence-electron chi connectivity index (χ4n) is 1.72. The molecular weight excluding hydrogens is 361 g/mol. The highest BCUT2D eigenvalue weighted by atomic mass is 79.9. The molecule has 0 saturated carbocycles. The van der Waals surface area contributed by atoms with Crippen LogP contribution in [0, 0.1) is 12.7 Å². The second-order valence-electron chi connectivity index (χ2n) is 4.41. The van der Waals surface area contributed by atoms with Crippen molar-refractivity contribution in [3.05, 3.63) is 52.0 Å². The van der Waals surface area contributed by atoms with E-state index in [4.69, 9.17) is 5.73 Å². The Hall–Kier alpha value is -1.51. The molecule has 0 saturated heterocycles. The minimum absolute atomic E-state index is 0.00319. The van der Waals surface area contributed by atoms with Gasteiger partial charge in [0.25, 0.3) is 0 Å². The highest BCUT2D eigenvalue weighted by Gasteiger charge is 2.21. The maximum atomic E-state index is 13.9. The molecule has 0 fully saturated rings. The number of nitrogens with one attached hydrogen (secondary N) is 1. The first-order valence-corrected chi connectivity index (χ1v) is 8.24. The maximum Gasteiger partial charge on any atom is 0.243 e. The molecule has 1 aromatic heterocycles. The van der Waals surface area contributed by atoms with Gasteiger partial charge in [-0.3, -0.25) is 4.98 Å². The number of aromatic nitrogens is 1. The van der Waals surface area contributed by atoms with Crippen molar-refractivity contribution in [2.24, 2.45) is 0 Å². The van der Waals surface area contributed by atoms with Crippen LogP contribution in [-0.2, 0) is 16.6 Å². The summed E-state index contributed by atoms with van der Waals surface area (Å²) < 4.78 is 40.6. The van der Waals surface area contributed by atoms with E-state index in [9.17, 15) is 12.8 Å². The summed E-state index contributed by atoms with van der Waals surface area (Å²) >= 11 is 2.94. The van der Waals surface area contributed by atoms with Crippen molar-refractivity contribution in [1.82, 2.24) is 9.71 Å². The lowest BCUT2D eigenvalue weighted by atomic mass is 10.3. The molecule has 5 nitrogen and oxygen atoms in total. The molecule has 8 heteroatoms. The molecule has 2 rings (SSSR count). The Kier molecular flexibility index (Phi) is 4.60. The number of nitrogens with two attached hydrogens (primary N) is 1. The van der Waals surface area contributed by atoms with Gasteiger partial charge in [-0.1, -0.05) is 6.07 Å². The van der Waals surface area contributed by atoms with Crippen LogP contribution < -0.4 is 10.5 Å². The van der Waals surface area contributed by atoms with Crippen molar-refractivity contribution in [2.75, 3.05) is 5.73 Å². The van der Waals surface area contributed by atoms with Gasteiger partial charge in [-0.05, 0) is 47.1 Å². The first-order chi connectivity index (χ1) is 9.79. The van der Waals surface area contributed by atoms with Crippen LogP contribution in [0.5, 0.6) is 0 Å². The van der Waals surface area contributed by atoms with Gasteiger partial charge in [0.15, 0.2) is 5.82 Å². The summed E-state index contributed by atoms with van der Waals surface area (Å²) in [6.07, 6.45) is 0. The van der Waals surface area contributed by atoms with Gasteiger partial charge in [0.1, 0.15) is 4.90 Å². The Morgan fingerprint density at radius 2 is 2.10 bits per heavy atom. The highest BCUT2D eigenvalue weighted by Crippen LogP contribution is 2.26. The van der Waals surface area contributed by atoms with Gasteiger partial charge in [-0.2, -0.15) is 0 Å². The van der Waals surface area contributed by atoms with Crippen molar-refractivity contribution in [2.45, 2.75) is 18.4 Å². The number of aryl methyl sites for hydroxylation is 1. The maximum absolute atomic E-state index is 13.9. The minimum Gasteiger partial charge on any atom is -0.399 e. The number of sulfonamides is 1. The zero-order valence-electron chi connectivity index (χ0n) is 11.1. The van der Waals surface area contributed by atoms with Crippen molar-refractivity contribution in [3.8, 4) is 0 Å². The van der Waals surface area contributed by atoms with Crippen LogP contribution in [0.25, 0.3) is 0 Å². The number of benzene rings is 1. The number of hydrogen-bond donors (Lipinski definition) is 2. The van der Waals surface area contributed by atoms with E-state index < -0.39 is 20.7 Å². The first kappa shape index (κ1) is 15.9. The lowest BCUT2D eigenvalue weighted by Crippen LogP contribution is -2.25. The summed E-state index contributed by atoms with van der Waals surface area (Å²) in [5, 5.41) is 0. The quantitative estimate of drug-likeness (QED) is 0.805. The molecule has 0 radical (unpaired) electrons. The van der Waals surface area contributed by atoms with E-state index in [0.29, 0.717) is 5.69 Å². The van der Waals surface area contributed by atoms with E-state index >= 15 is 0 Å². The summed E-state index contributed by atoms with van der Waals surface area (Å²) in [6.45, 7) is 1.77. The molecule has 3 N–H and O–H groups in total. The zero-order valence-corrected chi connectivity index (χ0v) is 13.5. The molecule has 0 aliphatic carbocycles. The second-order valence-corrected chi connectivity index (χ2v) is 7.00. The number of nitrogen functional groups attached to an aromatic ring is 1. The van der Waals surface area contributed by atoms with E-state index in [2.05, 4.69) is 25.6 Å². The van der Waals surface area contributed by atoms with Crippen LogP contribution in [0.1, 0.15) is 11.4 Å². The van der Waals surface area contributed by atoms with Crippen molar-refractivity contribution in [3.63, 3.8) is 0 Å². The van der Waals surface area contributed by atoms with E-state index in [1.54, 1.807) is 25.1 Å². The molecule has 0 amide bonds. The van der Waals surface area contributed by atoms with Crippen LogP contribution in [0.3, 0.4) is 0 Å². The number of nitrogens with zero attached hydrogens (tertiary/aromatic N) is 1. The smallest absolute Gasteiger partial charge is 0.243 e. The number of pyridine rings is 1. The van der Waals surface area contributed by atoms with Gasteiger partial charge in [0.05, 0.1) is 16.7 Å². The minimum atomic E-state index is -4.02. The third-order valence-electron chi connectivity index (χ3n) is 2.70. The summed E-state index contributed by atoms with van der Waals surface area (Å²) in [6, 6.07) is 7.63. The topological polar surface area (TPSA) is 85.1 Å². The van der Waals surface area contributed by atoms with Crippen molar-refractivity contribution in [1.29, 1.82) is 0 Å². The molecule has 0 atom stereocenters. The van der Waals surface area contributed by atoms with Gasteiger partial charge < -0.3 is 5.73 Å². The van der Waals surface area contributed by atoms with Gasteiger partial charge in [-0.25, -0.2) is 17.5 Å². The van der Waals surface area contributed by atoms with E-state index in [1.807, 2.05) is 0 Å². The summed E-state index contributed by atoms with van der Waals surface area (Å²) in [7, 11) is -4.02. The Balaban J connectivity index is 2.27. The Bertz CT molecular complexity index is 781. The van der Waals surface area contributed by atoms with Crippen LogP contribution in [0.2, 0.25) is 0 Å². The van der Waals surface area contributed by atoms with E-state index in [0.717, 1.165) is 11.8 Å². The van der Waals surface area contributed by atoms with Gasteiger partial charge in [0, 0.05) is 11.4 Å². The molecule has 112 valence electrons. The summed E-state index contributed by atoms with van der Waals surface area (Å²) in [5.41, 5.74) is 7.01. The number of anilines is 1. The molecule has 0 unspecified atom stereocenters. The van der Waals surface area contributed by atoms with Crippen molar-refractivity contribution >= 4 is 31.6 Å². The zero-order chi connectivity index (χ0) is 15.6. The monoisotopic (exact) mass is 373 g/mol. The van der Waals surface area contributed by atoms with Crippen LogP contribution >= 0.6 is 15.9 Å². The van der Waals surface area contributed by atoms with Gasteiger partial charge in [0.2, 0.25) is 10.0 Å². The third kappa shape index (κ3) is 3.78. The lowest BCUT2D eigenvalue weighted by molar-refractivity contribution is 0.553. The summed E-state index contributed by atoms with van der Waals surface area (Å²) in [4.78, 5) is 3.67. The Labute approximate surface area is 130 Å². The molecule has 0 aliphatic rings. The van der Waals surface area contributed by atoms with Gasteiger partial charge >= 0.3 is 0 Å². The first-order valence-electron chi connectivity index (χ1n) is 5.96. The Morgan fingerprint density at radius 3 is 2.76 bits per heavy atom. The largest absolute Gasteiger partial charge is 0.399 e. The Morgan fingerprint density at radius 1 is 1.38 bits per heavy atom. The third-order valence-corrected chi connectivity index (χ3v) is 4.67. The fraction of sp³-hybridized carbons (Fsp3) is 0.154.